The van der Waals surface area contributed by atoms with Crippen molar-refractivity contribution in [3.8, 4) is 0 Å². The third-order valence-electron chi connectivity index (χ3n) is 5.06. The average Bonchev–Trinajstić information content (AvgIpc) is 2.85. The number of hydrogen-bond donors (Lipinski definition) is 0. The van der Waals surface area contributed by atoms with E-state index in [1.54, 1.807) is 0 Å². The minimum absolute atomic E-state index is 0.388. The van der Waals surface area contributed by atoms with E-state index in [0.717, 1.165) is 11.4 Å². The zero-order valence-electron chi connectivity index (χ0n) is 14.6. The van der Waals surface area contributed by atoms with E-state index in [1.165, 1.54) is 32.2 Å². The SMILES string of the molecule is Cc1ccc(C2Sc3ccccc3N=C3c4ccccc4SCC32)cc1. The molecular formula is C23H19NS2. The average molecular weight is 374 g/mol. The Bertz CT molecular complexity index is 991. The number of fused-ring (bicyclic) bond motifs is 4. The van der Waals surface area contributed by atoms with Crippen LogP contribution >= 0.6 is 23.5 Å². The van der Waals surface area contributed by atoms with Crippen LogP contribution in [0.2, 0.25) is 0 Å². The van der Waals surface area contributed by atoms with Gasteiger partial charge in [-0.2, -0.15) is 0 Å². The molecule has 0 radical (unpaired) electrons. The predicted octanol–water partition coefficient (Wildman–Crippen LogP) is 6.68. The van der Waals surface area contributed by atoms with Gasteiger partial charge < -0.3 is 0 Å². The monoisotopic (exact) mass is 373 g/mol. The number of para-hydroxylation sites is 1. The van der Waals surface area contributed by atoms with Gasteiger partial charge in [-0.1, -0.05) is 60.2 Å². The standard InChI is InChI=1S/C23H19NS2/c1-15-10-12-16(13-11-15)23-18-14-25-20-8-4-2-6-17(20)22(18)24-19-7-3-5-9-21(19)26-23/h2-13,18,23H,14H2,1H3. The van der Waals surface area contributed by atoms with Crippen LogP contribution in [0.15, 0.2) is 87.6 Å². The molecule has 3 heteroatoms. The van der Waals surface area contributed by atoms with Crippen molar-refractivity contribution in [2.75, 3.05) is 5.75 Å². The van der Waals surface area contributed by atoms with Gasteiger partial charge in [-0.15, -0.1) is 23.5 Å². The lowest BCUT2D eigenvalue weighted by Gasteiger charge is -2.31. The number of benzene rings is 3. The van der Waals surface area contributed by atoms with Crippen LogP contribution in [0.5, 0.6) is 0 Å². The highest BCUT2D eigenvalue weighted by Crippen LogP contribution is 2.51. The summed E-state index contributed by atoms with van der Waals surface area (Å²) in [6.45, 7) is 2.15. The van der Waals surface area contributed by atoms with E-state index >= 15 is 0 Å². The summed E-state index contributed by atoms with van der Waals surface area (Å²) >= 11 is 3.94. The van der Waals surface area contributed by atoms with Gasteiger partial charge in [0.25, 0.3) is 0 Å². The first kappa shape index (κ1) is 16.2. The molecule has 0 bridgehead atoms. The molecule has 0 saturated heterocycles. The smallest absolute Gasteiger partial charge is 0.0769 e. The summed E-state index contributed by atoms with van der Waals surface area (Å²) < 4.78 is 0. The first-order valence-electron chi connectivity index (χ1n) is 8.92. The van der Waals surface area contributed by atoms with Crippen molar-refractivity contribution in [1.29, 1.82) is 0 Å². The molecule has 0 saturated carbocycles. The highest BCUT2D eigenvalue weighted by Gasteiger charge is 2.36. The molecule has 2 aliphatic rings. The van der Waals surface area contributed by atoms with Crippen LogP contribution in [0.25, 0.3) is 0 Å². The molecule has 2 atom stereocenters. The molecule has 0 aromatic heterocycles. The van der Waals surface area contributed by atoms with Crippen molar-refractivity contribution < 1.29 is 0 Å². The van der Waals surface area contributed by atoms with Gasteiger partial charge in [0.05, 0.1) is 11.4 Å². The Balaban J connectivity index is 1.70. The van der Waals surface area contributed by atoms with Crippen LogP contribution in [0, 0.1) is 12.8 Å². The van der Waals surface area contributed by atoms with E-state index < -0.39 is 0 Å². The highest BCUT2D eigenvalue weighted by molar-refractivity contribution is 8.00. The van der Waals surface area contributed by atoms with E-state index in [2.05, 4.69) is 79.7 Å². The van der Waals surface area contributed by atoms with Crippen molar-refractivity contribution in [2.24, 2.45) is 10.9 Å². The van der Waals surface area contributed by atoms with Gasteiger partial charge in [0.15, 0.2) is 0 Å². The summed E-state index contributed by atoms with van der Waals surface area (Å²) in [6.07, 6.45) is 0. The lowest BCUT2D eigenvalue weighted by Crippen LogP contribution is -2.27. The zero-order chi connectivity index (χ0) is 17.5. The molecule has 2 aliphatic heterocycles. The fourth-order valence-electron chi connectivity index (χ4n) is 3.69. The summed E-state index contributed by atoms with van der Waals surface area (Å²) in [5.74, 6) is 1.49. The molecule has 0 spiro atoms. The Hall–Kier alpha value is -1.97. The van der Waals surface area contributed by atoms with Crippen LogP contribution in [0.4, 0.5) is 5.69 Å². The molecule has 0 fully saturated rings. The van der Waals surface area contributed by atoms with Crippen molar-refractivity contribution in [1.82, 2.24) is 0 Å². The number of nitrogens with zero attached hydrogens (tertiary/aromatic N) is 1. The van der Waals surface area contributed by atoms with E-state index in [-0.39, 0.29) is 0 Å². The third-order valence-corrected chi connectivity index (χ3v) is 7.71. The number of rotatable bonds is 1. The Morgan fingerprint density at radius 2 is 1.58 bits per heavy atom. The summed E-state index contributed by atoms with van der Waals surface area (Å²) in [7, 11) is 0. The van der Waals surface area contributed by atoms with E-state index in [4.69, 9.17) is 4.99 Å². The number of hydrogen-bond acceptors (Lipinski definition) is 3. The third kappa shape index (κ3) is 2.80. The molecule has 2 heterocycles. The number of aryl methyl sites for hydroxylation is 1. The molecule has 3 aromatic carbocycles. The Morgan fingerprint density at radius 3 is 2.42 bits per heavy atom. The lowest BCUT2D eigenvalue weighted by molar-refractivity contribution is 0.755. The fraction of sp³-hybridized carbons (Fsp3) is 0.174. The van der Waals surface area contributed by atoms with Gasteiger partial charge >= 0.3 is 0 Å². The molecule has 0 amide bonds. The first-order valence-corrected chi connectivity index (χ1v) is 10.8. The quantitative estimate of drug-likeness (QED) is 0.471. The minimum atomic E-state index is 0.388. The van der Waals surface area contributed by atoms with Crippen LogP contribution < -0.4 is 0 Å². The second-order valence-electron chi connectivity index (χ2n) is 6.83. The van der Waals surface area contributed by atoms with Gasteiger partial charge in [0, 0.05) is 32.3 Å². The van der Waals surface area contributed by atoms with Crippen molar-refractivity contribution >= 4 is 34.9 Å². The topological polar surface area (TPSA) is 12.4 Å². The van der Waals surface area contributed by atoms with Crippen molar-refractivity contribution in [3.63, 3.8) is 0 Å². The highest BCUT2D eigenvalue weighted by atomic mass is 32.2. The van der Waals surface area contributed by atoms with E-state index in [1.807, 2.05) is 23.5 Å². The van der Waals surface area contributed by atoms with Crippen LogP contribution in [0.3, 0.4) is 0 Å². The van der Waals surface area contributed by atoms with Gasteiger partial charge in [0.2, 0.25) is 0 Å². The maximum absolute atomic E-state index is 5.18. The molecule has 0 aliphatic carbocycles. The van der Waals surface area contributed by atoms with E-state index in [0.29, 0.717) is 11.2 Å². The Kier molecular flexibility index (Phi) is 4.14. The summed E-state index contributed by atoms with van der Waals surface area (Å²) in [6, 6.07) is 26.3. The van der Waals surface area contributed by atoms with Crippen molar-refractivity contribution in [3.05, 3.63) is 89.5 Å². The molecule has 5 rings (SSSR count). The van der Waals surface area contributed by atoms with Gasteiger partial charge in [-0.3, -0.25) is 4.99 Å². The van der Waals surface area contributed by atoms with Crippen LogP contribution in [-0.2, 0) is 0 Å². The Morgan fingerprint density at radius 1 is 0.846 bits per heavy atom. The molecule has 1 nitrogen and oxygen atoms in total. The van der Waals surface area contributed by atoms with E-state index in [9.17, 15) is 0 Å². The fourth-order valence-corrected chi connectivity index (χ4v) is 6.37. The summed E-state index contributed by atoms with van der Waals surface area (Å²) in [5, 5.41) is 0.388. The summed E-state index contributed by atoms with van der Waals surface area (Å²) in [4.78, 5) is 7.81. The van der Waals surface area contributed by atoms with Gasteiger partial charge in [-0.05, 0) is 30.7 Å². The predicted molar refractivity (Wildman–Crippen MR) is 113 cm³/mol. The second-order valence-corrected chi connectivity index (χ2v) is 9.07. The molecule has 2 unspecified atom stereocenters. The van der Waals surface area contributed by atoms with Gasteiger partial charge in [-0.25, -0.2) is 0 Å². The number of thioether (sulfide) groups is 2. The maximum Gasteiger partial charge on any atom is 0.0769 e. The summed E-state index contributed by atoms with van der Waals surface area (Å²) in [5.41, 5.74) is 6.37. The minimum Gasteiger partial charge on any atom is -0.251 e. The largest absolute Gasteiger partial charge is 0.251 e. The Labute approximate surface area is 163 Å². The molecule has 0 N–H and O–H groups in total. The maximum atomic E-state index is 5.18. The molecule has 3 aromatic rings. The van der Waals surface area contributed by atoms with Crippen molar-refractivity contribution in [2.45, 2.75) is 22.0 Å². The normalized spacial score (nSPS) is 21.0. The molecular weight excluding hydrogens is 354 g/mol. The first-order chi connectivity index (χ1) is 12.8. The zero-order valence-corrected chi connectivity index (χ0v) is 16.2. The molecule has 128 valence electrons. The molecule has 26 heavy (non-hydrogen) atoms. The van der Waals surface area contributed by atoms with Crippen LogP contribution in [-0.4, -0.2) is 11.5 Å². The second kappa shape index (κ2) is 6.64. The van der Waals surface area contributed by atoms with Gasteiger partial charge in [0.1, 0.15) is 0 Å². The van der Waals surface area contributed by atoms with Crippen LogP contribution in [0.1, 0.15) is 21.9 Å². The lowest BCUT2D eigenvalue weighted by atomic mass is 9.90. The number of aliphatic imine (C=N–C) groups is 1.